The van der Waals surface area contributed by atoms with Crippen LogP contribution in [0, 0.1) is 0 Å². The Morgan fingerprint density at radius 1 is 1.45 bits per heavy atom. The van der Waals surface area contributed by atoms with Crippen LogP contribution in [0.3, 0.4) is 0 Å². The number of para-hydroxylation sites is 1. The number of nitrogens with one attached hydrogen (secondary N) is 2. The summed E-state index contributed by atoms with van der Waals surface area (Å²) in [6.07, 6.45) is 1.41. The summed E-state index contributed by atoms with van der Waals surface area (Å²) < 4.78 is -0.0429. The highest BCUT2D eigenvalue weighted by Gasteiger charge is 2.49. The van der Waals surface area contributed by atoms with Crippen LogP contribution in [0.1, 0.15) is 6.42 Å². The number of benzene rings is 1. The molecule has 1 saturated heterocycles. The molecule has 4 N–H and O–H groups in total. The van der Waals surface area contributed by atoms with E-state index >= 15 is 0 Å². The van der Waals surface area contributed by atoms with Gasteiger partial charge in [0.2, 0.25) is 11.9 Å². The van der Waals surface area contributed by atoms with Crippen molar-refractivity contribution in [1.82, 2.24) is 19.7 Å². The number of H-pyrrole nitrogens is 1. The molecule has 22 heavy (non-hydrogen) atoms. The van der Waals surface area contributed by atoms with Gasteiger partial charge < -0.3 is 11.1 Å². The first kappa shape index (κ1) is 15.1. The minimum Gasteiger partial charge on any atom is -0.368 e. The summed E-state index contributed by atoms with van der Waals surface area (Å²) in [6, 6.07) is 7.16. The predicted octanol–water partition coefficient (Wildman–Crippen LogP) is 1.95. The van der Waals surface area contributed by atoms with Crippen LogP contribution >= 0.6 is 23.2 Å². The van der Waals surface area contributed by atoms with Crippen LogP contribution in [0.5, 0.6) is 0 Å². The molecule has 1 aromatic heterocycles. The van der Waals surface area contributed by atoms with Gasteiger partial charge in [-0.25, -0.2) is 14.4 Å². The summed E-state index contributed by atoms with van der Waals surface area (Å²) in [6.45, 7) is 0.454. The number of halogens is 2. The van der Waals surface area contributed by atoms with Crippen LogP contribution in [0.15, 0.2) is 24.3 Å². The van der Waals surface area contributed by atoms with Gasteiger partial charge in [0.15, 0.2) is 11.2 Å². The van der Waals surface area contributed by atoms with Crippen molar-refractivity contribution in [3.8, 4) is 0 Å². The molecule has 1 aliphatic rings. The van der Waals surface area contributed by atoms with E-state index in [1.807, 2.05) is 18.2 Å². The summed E-state index contributed by atoms with van der Waals surface area (Å²) in [5, 5.41) is 10.1. The third kappa shape index (κ3) is 2.51. The second kappa shape index (κ2) is 5.75. The lowest BCUT2D eigenvalue weighted by Crippen LogP contribution is -2.50. The van der Waals surface area contributed by atoms with Crippen LogP contribution < -0.4 is 15.5 Å². The number of likely N-dealkylation sites (tertiary alicyclic amines) is 1. The minimum atomic E-state index is -0.425. The number of quaternary nitrogens is 1. The number of nitrogens with two attached hydrogens (primary N) is 1. The molecule has 1 aromatic carbocycles. The molecule has 9 heteroatoms. The number of carbonyl (C=O) groups is 1. The van der Waals surface area contributed by atoms with E-state index in [0.717, 1.165) is 6.41 Å². The topological polar surface area (TPSA) is 96.7 Å². The van der Waals surface area contributed by atoms with Gasteiger partial charge in [0.1, 0.15) is 11.6 Å². The Morgan fingerprint density at radius 2 is 2.23 bits per heavy atom. The van der Waals surface area contributed by atoms with Crippen molar-refractivity contribution in [2.75, 3.05) is 17.6 Å². The Kier molecular flexibility index (Phi) is 3.94. The molecule has 0 bridgehead atoms. The number of rotatable bonds is 4. The van der Waals surface area contributed by atoms with Crippen molar-refractivity contribution in [2.45, 2.75) is 18.0 Å². The Bertz CT molecular complexity index is 693. The van der Waals surface area contributed by atoms with Crippen LogP contribution in [-0.4, -0.2) is 39.7 Å². The molecular weight excluding hydrogens is 327 g/mol. The monoisotopic (exact) mass is 341 g/mol. The second-order valence-corrected chi connectivity index (χ2v) is 6.14. The van der Waals surface area contributed by atoms with Crippen molar-refractivity contribution in [3.05, 3.63) is 29.3 Å². The molecule has 0 aliphatic carbocycles. The highest BCUT2D eigenvalue weighted by atomic mass is 35.5. The van der Waals surface area contributed by atoms with Crippen molar-refractivity contribution >= 4 is 47.2 Å². The fourth-order valence-corrected chi connectivity index (χ4v) is 3.55. The van der Waals surface area contributed by atoms with E-state index in [4.69, 9.17) is 28.9 Å². The van der Waals surface area contributed by atoms with E-state index in [2.05, 4.69) is 20.5 Å². The quantitative estimate of drug-likeness (QED) is 0.342. The maximum atomic E-state index is 11.8. The van der Waals surface area contributed by atoms with Gasteiger partial charge in [-0.3, -0.25) is 0 Å². The lowest BCUT2D eigenvalue weighted by molar-refractivity contribution is -0.117. The maximum Gasteiger partial charge on any atom is 0.307 e. The molecule has 7 nitrogen and oxygen atoms in total. The normalized spacial score (nSPS) is 27.7. The first-order valence-electron chi connectivity index (χ1n) is 6.72. The summed E-state index contributed by atoms with van der Waals surface area (Å²) >= 11 is 12.7. The van der Waals surface area contributed by atoms with Crippen molar-refractivity contribution in [2.24, 2.45) is 0 Å². The molecule has 3 rings (SSSR count). The Morgan fingerprint density at radius 3 is 2.86 bits per heavy atom. The van der Waals surface area contributed by atoms with Gasteiger partial charge in [-0.15, -0.1) is 5.10 Å². The molecule has 1 fully saturated rings. The van der Waals surface area contributed by atoms with Gasteiger partial charge >= 0.3 is 6.41 Å². The molecule has 0 spiro atoms. The van der Waals surface area contributed by atoms with Crippen molar-refractivity contribution in [1.29, 1.82) is 0 Å². The highest BCUT2D eigenvalue weighted by molar-refractivity contribution is 6.33. The van der Waals surface area contributed by atoms with E-state index in [1.54, 1.807) is 6.07 Å². The number of nitrogen functional groups attached to an aromatic ring is 1. The van der Waals surface area contributed by atoms with Gasteiger partial charge in [-0.05, 0) is 6.07 Å². The molecule has 3 atom stereocenters. The fraction of sp³-hybridized carbons (Fsp3) is 0.308. The Labute approximate surface area is 137 Å². The lowest BCUT2D eigenvalue weighted by atomic mass is 10.2. The van der Waals surface area contributed by atoms with E-state index in [1.165, 1.54) is 0 Å². The first-order valence-corrected chi connectivity index (χ1v) is 7.54. The number of amides is 1. The molecule has 0 saturated carbocycles. The average Bonchev–Trinajstić information content (AvgIpc) is 3.04. The van der Waals surface area contributed by atoms with Gasteiger partial charge in [0.25, 0.3) is 0 Å². The maximum absolute atomic E-state index is 11.8. The van der Waals surface area contributed by atoms with Crippen LogP contribution in [0.25, 0.3) is 0 Å². The van der Waals surface area contributed by atoms with E-state index in [0.29, 0.717) is 29.6 Å². The SMILES string of the molecule is Nc1nc(NC2CC(Cl)[N+](C=O)(c3ccccc3Cl)C2)n[nH]1. The van der Waals surface area contributed by atoms with E-state index in [9.17, 15) is 4.79 Å². The molecule has 0 radical (unpaired) electrons. The van der Waals surface area contributed by atoms with Crippen LogP contribution in [-0.2, 0) is 4.79 Å². The zero-order valence-corrected chi connectivity index (χ0v) is 13.1. The standard InChI is InChI=1S/C13H15Cl2N6O/c14-9-3-1-2-4-10(9)21(7-22)6-8(5-11(21)15)17-13-18-12(16)19-20-13/h1-4,7-8,11H,5-6H2,(H4,16,17,18,19,20)/q+1. The Balaban J connectivity index is 1.87. The third-order valence-corrected chi connectivity index (χ3v) is 4.67. The zero-order valence-electron chi connectivity index (χ0n) is 11.5. The number of anilines is 2. The molecule has 2 aromatic rings. The molecule has 2 heterocycles. The first-order chi connectivity index (χ1) is 10.5. The largest absolute Gasteiger partial charge is 0.368 e. The number of nitrogens with zero attached hydrogens (tertiary/aromatic N) is 3. The molecular formula is C13H15Cl2N6O+. The number of carbonyl (C=O) groups excluding carboxylic acids is 1. The van der Waals surface area contributed by atoms with Gasteiger partial charge in [0, 0.05) is 12.5 Å². The molecule has 3 unspecified atom stereocenters. The molecule has 1 aliphatic heterocycles. The summed E-state index contributed by atoms with van der Waals surface area (Å²) in [5.41, 5.74) is 5.77. The number of aromatic nitrogens is 3. The number of aromatic amines is 1. The minimum absolute atomic E-state index is 0.0429. The van der Waals surface area contributed by atoms with Gasteiger partial charge in [-0.1, -0.05) is 35.3 Å². The van der Waals surface area contributed by atoms with Crippen molar-refractivity contribution in [3.63, 3.8) is 0 Å². The van der Waals surface area contributed by atoms with Gasteiger partial charge in [0.05, 0.1) is 6.04 Å². The number of hydrogen-bond acceptors (Lipinski definition) is 5. The third-order valence-electron chi connectivity index (χ3n) is 3.83. The average molecular weight is 342 g/mol. The van der Waals surface area contributed by atoms with Crippen molar-refractivity contribution < 1.29 is 4.79 Å². The second-order valence-electron chi connectivity index (χ2n) is 5.23. The van der Waals surface area contributed by atoms with Crippen LogP contribution in [0.2, 0.25) is 5.02 Å². The van der Waals surface area contributed by atoms with E-state index < -0.39 is 5.50 Å². The predicted molar refractivity (Wildman–Crippen MR) is 86.6 cm³/mol. The van der Waals surface area contributed by atoms with Crippen LogP contribution in [0.4, 0.5) is 17.6 Å². The zero-order chi connectivity index (χ0) is 15.7. The van der Waals surface area contributed by atoms with Gasteiger partial charge in [-0.2, -0.15) is 4.98 Å². The smallest absolute Gasteiger partial charge is 0.307 e. The summed E-state index contributed by atoms with van der Waals surface area (Å²) in [7, 11) is 0. The molecule has 1 amide bonds. The highest BCUT2D eigenvalue weighted by Crippen LogP contribution is 2.39. The fourth-order valence-electron chi connectivity index (χ4n) is 2.81. The number of hydrogen-bond donors (Lipinski definition) is 3. The lowest BCUT2D eigenvalue weighted by Gasteiger charge is -2.30. The number of alkyl halides is 1. The molecule has 116 valence electrons. The van der Waals surface area contributed by atoms with E-state index in [-0.39, 0.29) is 16.5 Å². The Hall–Kier alpha value is -1.83. The summed E-state index contributed by atoms with van der Waals surface area (Å²) in [4.78, 5) is 15.8. The summed E-state index contributed by atoms with van der Waals surface area (Å²) in [5.74, 6) is 0.613.